The third kappa shape index (κ3) is 2.44. The van der Waals surface area contributed by atoms with Gasteiger partial charge in [0, 0.05) is 4.90 Å². The van der Waals surface area contributed by atoms with Crippen molar-refractivity contribution in [2.45, 2.75) is 17.6 Å². The standard InChI is InChI=1S/C8H7F3S/c1-5-2-3-7(6(9)4-5)12-8(10)11/h2-4,8H,1H3. The predicted octanol–water partition coefficient (Wildman–Crippen LogP) is 3.45. The molecule has 0 saturated carbocycles. The first-order chi connectivity index (χ1) is 5.59. The smallest absolute Gasteiger partial charge is 0.206 e. The molecular formula is C8H7F3S. The average molecular weight is 192 g/mol. The highest BCUT2D eigenvalue weighted by Gasteiger charge is 2.09. The minimum atomic E-state index is -2.57. The van der Waals surface area contributed by atoms with E-state index < -0.39 is 11.6 Å². The van der Waals surface area contributed by atoms with Crippen molar-refractivity contribution in [2.75, 3.05) is 0 Å². The molecule has 0 N–H and O–H groups in total. The highest BCUT2D eigenvalue weighted by molar-refractivity contribution is 7.99. The van der Waals surface area contributed by atoms with E-state index in [2.05, 4.69) is 0 Å². The lowest BCUT2D eigenvalue weighted by Gasteiger charge is -2.01. The number of halogens is 3. The minimum absolute atomic E-state index is 0.00407. The van der Waals surface area contributed by atoms with Gasteiger partial charge in [-0.1, -0.05) is 17.8 Å². The molecule has 1 aromatic rings. The van der Waals surface area contributed by atoms with Crippen LogP contribution in [0.5, 0.6) is 0 Å². The predicted molar refractivity (Wildman–Crippen MR) is 43.0 cm³/mol. The zero-order valence-electron chi connectivity index (χ0n) is 6.35. The summed E-state index contributed by atoms with van der Waals surface area (Å²) in [5, 5.41) is 0. The summed E-state index contributed by atoms with van der Waals surface area (Å²) in [5.41, 5.74) is 0.728. The van der Waals surface area contributed by atoms with Crippen molar-refractivity contribution in [3.8, 4) is 0 Å². The number of benzene rings is 1. The number of hydrogen-bond donors (Lipinski definition) is 0. The molecule has 0 nitrogen and oxygen atoms in total. The molecule has 0 bridgehead atoms. The van der Waals surface area contributed by atoms with Crippen molar-refractivity contribution >= 4 is 11.8 Å². The van der Waals surface area contributed by atoms with Gasteiger partial charge < -0.3 is 0 Å². The SMILES string of the molecule is Cc1ccc(SC(F)F)c(F)c1. The van der Waals surface area contributed by atoms with E-state index >= 15 is 0 Å². The summed E-state index contributed by atoms with van der Waals surface area (Å²) in [6.07, 6.45) is 0. The molecule has 1 aromatic carbocycles. The molecular weight excluding hydrogens is 185 g/mol. The molecule has 66 valence electrons. The van der Waals surface area contributed by atoms with Gasteiger partial charge in [0.2, 0.25) is 0 Å². The van der Waals surface area contributed by atoms with Crippen LogP contribution in [0.2, 0.25) is 0 Å². The highest BCUT2D eigenvalue weighted by Crippen LogP contribution is 2.27. The van der Waals surface area contributed by atoms with Crippen LogP contribution in [-0.2, 0) is 0 Å². The van der Waals surface area contributed by atoms with Crippen LogP contribution >= 0.6 is 11.8 Å². The molecule has 0 spiro atoms. The van der Waals surface area contributed by atoms with Gasteiger partial charge in [0.15, 0.2) is 0 Å². The monoisotopic (exact) mass is 192 g/mol. The van der Waals surface area contributed by atoms with Crippen LogP contribution < -0.4 is 0 Å². The Morgan fingerprint density at radius 3 is 2.50 bits per heavy atom. The second-order valence-corrected chi connectivity index (χ2v) is 3.34. The Bertz CT molecular complexity index is 273. The summed E-state index contributed by atoms with van der Waals surface area (Å²) in [6, 6.07) is 4.21. The lowest BCUT2D eigenvalue weighted by molar-refractivity contribution is 0.251. The summed E-state index contributed by atoms with van der Waals surface area (Å²) in [7, 11) is 0. The number of thioether (sulfide) groups is 1. The minimum Gasteiger partial charge on any atom is -0.206 e. The fraction of sp³-hybridized carbons (Fsp3) is 0.250. The van der Waals surface area contributed by atoms with E-state index in [0.717, 1.165) is 5.56 Å². The molecule has 0 saturated heterocycles. The van der Waals surface area contributed by atoms with Gasteiger partial charge in [0.05, 0.1) is 0 Å². The number of hydrogen-bond acceptors (Lipinski definition) is 1. The molecule has 0 aliphatic carbocycles. The summed E-state index contributed by atoms with van der Waals surface area (Å²) >= 11 is 0.225. The molecule has 1 rings (SSSR count). The quantitative estimate of drug-likeness (QED) is 0.647. The van der Waals surface area contributed by atoms with Crippen LogP contribution in [-0.4, -0.2) is 5.76 Å². The molecule has 0 fully saturated rings. The van der Waals surface area contributed by atoms with E-state index in [9.17, 15) is 13.2 Å². The van der Waals surface area contributed by atoms with Crippen LogP contribution in [0.4, 0.5) is 13.2 Å². The Morgan fingerprint density at radius 2 is 2.00 bits per heavy atom. The van der Waals surface area contributed by atoms with Gasteiger partial charge >= 0.3 is 0 Å². The van der Waals surface area contributed by atoms with Crippen LogP contribution in [0.25, 0.3) is 0 Å². The molecule has 0 aliphatic heterocycles. The largest absolute Gasteiger partial charge is 0.289 e. The van der Waals surface area contributed by atoms with Crippen LogP contribution in [0.15, 0.2) is 23.1 Å². The maximum atomic E-state index is 12.9. The normalized spacial score (nSPS) is 10.8. The van der Waals surface area contributed by atoms with Crippen molar-refractivity contribution in [3.05, 3.63) is 29.6 Å². The molecule has 0 unspecified atom stereocenters. The Morgan fingerprint density at radius 1 is 1.33 bits per heavy atom. The Kier molecular flexibility index (Phi) is 3.03. The van der Waals surface area contributed by atoms with Gasteiger partial charge in [0.25, 0.3) is 5.76 Å². The second kappa shape index (κ2) is 3.85. The lowest BCUT2D eigenvalue weighted by atomic mass is 10.2. The van der Waals surface area contributed by atoms with E-state index in [4.69, 9.17) is 0 Å². The van der Waals surface area contributed by atoms with E-state index in [0.29, 0.717) is 0 Å². The molecule has 12 heavy (non-hydrogen) atoms. The van der Waals surface area contributed by atoms with Gasteiger partial charge in [-0.05, 0) is 24.6 Å². The van der Waals surface area contributed by atoms with E-state index in [1.165, 1.54) is 12.1 Å². The Labute approximate surface area is 72.8 Å². The van der Waals surface area contributed by atoms with Gasteiger partial charge in [-0.3, -0.25) is 0 Å². The zero-order valence-corrected chi connectivity index (χ0v) is 7.17. The maximum absolute atomic E-state index is 12.9. The maximum Gasteiger partial charge on any atom is 0.289 e. The van der Waals surface area contributed by atoms with Gasteiger partial charge in [-0.25, -0.2) is 4.39 Å². The molecule has 0 aromatic heterocycles. The van der Waals surface area contributed by atoms with Crippen molar-refractivity contribution in [2.24, 2.45) is 0 Å². The van der Waals surface area contributed by atoms with Crippen molar-refractivity contribution in [1.82, 2.24) is 0 Å². The fourth-order valence-corrected chi connectivity index (χ4v) is 1.31. The average Bonchev–Trinajstić information content (AvgIpc) is 1.94. The number of aryl methyl sites for hydroxylation is 1. The molecule has 0 amide bonds. The third-order valence-corrected chi connectivity index (χ3v) is 2.07. The van der Waals surface area contributed by atoms with Crippen molar-refractivity contribution in [3.63, 3.8) is 0 Å². The number of alkyl halides is 2. The van der Waals surface area contributed by atoms with Gasteiger partial charge in [-0.15, -0.1) is 0 Å². The van der Waals surface area contributed by atoms with E-state index in [-0.39, 0.29) is 16.7 Å². The van der Waals surface area contributed by atoms with Crippen LogP contribution in [0.1, 0.15) is 5.56 Å². The Hall–Kier alpha value is -0.640. The first kappa shape index (κ1) is 9.45. The second-order valence-electron chi connectivity index (χ2n) is 2.31. The van der Waals surface area contributed by atoms with Crippen molar-refractivity contribution < 1.29 is 13.2 Å². The number of rotatable bonds is 2. The summed E-state index contributed by atoms with van der Waals surface area (Å²) in [6.45, 7) is 1.71. The van der Waals surface area contributed by atoms with Gasteiger partial charge in [0.1, 0.15) is 5.82 Å². The van der Waals surface area contributed by atoms with Crippen molar-refractivity contribution in [1.29, 1.82) is 0 Å². The van der Waals surface area contributed by atoms with E-state index in [1.807, 2.05) is 0 Å². The summed E-state index contributed by atoms with van der Waals surface area (Å²) < 4.78 is 36.5. The fourth-order valence-electron chi connectivity index (χ4n) is 0.797. The third-order valence-electron chi connectivity index (χ3n) is 1.30. The highest BCUT2D eigenvalue weighted by atomic mass is 32.2. The Balaban J connectivity index is 2.86. The first-order valence-electron chi connectivity index (χ1n) is 3.30. The van der Waals surface area contributed by atoms with Gasteiger partial charge in [-0.2, -0.15) is 8.78 Å². The van der Waals surface area contributed by atoms with Crippen LogP contribution in [0.3, 0.4) is 0 Å². The summed E-state index contributed by atoms with van der Waals surface area (Å²) in [4.78, 5) is -0.00407. The molecule has 0 radical (unpaired) electrons. The molecule has 0 heterocycles. The molecule has 0 atom stereocenters. The molecule has 4 heteroatoms. The topological polar surface area (TPSA) is 0 Å². The van der Waals surface area contributed by atoms with E-state index in [1.54, 1.807) is 13.0 Å². The summed E-state index contributed by atoms with van der Waals surface area (Å²) in [5.74, 6) is -3.15. The zero-order chi connectivity index (χ0) is 9.14. The molecule has 0 aliphatic rings. The van der Waals surface area contributed by atoms with Crippen LogP contribution in [0, 0.1) is 12.7 Å². The lowest BCUT2D eigenvalue weighted by Crippen LogP contribution is -1.86. The first-order valence-corrected chi connectivity index (χ1v) is 4.18.